The summed E-state index contributed by atoms with van der Waals surface area (Å²) in [6.45, 7) is 7.96. The Bertz CT molecular complexity index is 381. The van der Waals surface area contributed by atoms with Crippen molar-refractivity contribution in [1.29, 1.82) is 0 Å². The van der Waals surface area contributed by atoms with Gasteiger partial charge in [-0.15, -0.1) is 6.58 Å². The summed E-state index contributed by atoms with van der Waals surface area (Å²) < 4.78 is 0. The molecule has 0 heterocycles. The highest BCUT2D eigenvalue weighted by molar-refractivity contribution is 5.67. The minimum atomic E-state index is 0.928. The summed E-state index contributed by atoms with van der Waals surface area (Å²) in [5.74, 6) is 0. The molecule has 0 nitrogen and oxygen atoms in total. The van der Waals surface area contributed by atoms with E-state index < -0.39 is 0 Å². The van der Waals surface area contributed by atoms with Crippen LogP contribution in [0.4, 0.5) is 0 Å². The standard InChI is InChI=1S/C15H18/c1-4-5-6-7-10-13(2)15-12-9-8-11-14(15)3/h4,6-12H,1,5H2,2-3H3/b7-6?,13-10+. The molecule has 0 amide bonds. The van der Waals surface area contributed by atoms with Crippen LogP contribution in [0.1, 0.15) is 24.5 Å². The molecule has 0 fully saturated rings. The molecular weight excluding hydrogens is 180 g/mol. The molecular formula is C15H18. The first kappa shape index (κ1) is 11.5. The van der Waals surface area contributed by atoms with Gasteiger partial charge in [0.05, 0.1) is 0 Å². The van der Waals surface area contributed by atoms with Crippen LogP contribution in [0.5, 0.6) is 0 Å². The van der Waals surface area contributed by atoms with E-state index in [9.17, 15) is 0 Å². The van der Waals surface area contributed by atoms with Crippen LogP contribution in [-0.4, -0.2) is 0 Å². The van der Waals surface area contributed by atoms with Crippen molar-refractivity contribution in [2.75, 3.05) is 0 Å². The number of hydrogen-bond donors (Lipinski definition) is 0. The van der Waals surface area contributed by atoms with Gasteiger partial charge >= 0.3 is 0 Å². The average Bonchev–Trinajstić information content (AvgIpc) is 2.25. The van der Waals surface area contributed by atoms with Crippen molar-refractivity contribution in [3.63, 3.8) is 0 Å². The molecule has 1 rings (SSSR count). The van der Waals surface area contributed by atoms with Crippen LogP contribution in [0.2, 0.25) is 0 Å². The minimum Gasteiger partial charge on any atom is -0.103 e. The lowest BCUT2D eigenvalue weighted by atomic mass is 10.0. The lowest BCUT2D eigenvalue weighted by Gasteiger charge is -2.04. The summed E-state index contributed by atoms with van der Waals surface area (Å²) in [5, 5.41) is 0. The minimum absolute atomic E-state index is 0.928. The molecule has 0 saturated carbocycles. The fourth-order valence-electron chi connectivity index (χ4n) is 1.49. The van der Waals surface area contributed by atoms with Crippen molar-refractivity contribution in [2.45, 2.75) is 20.3 Å². The molecule has 0 heteroatoms. The lowest BCUT2D eigenvalue weighted by molar-refractivity contribution is 1.39. The van der Waals surface area contributed by atoms with Gasteiger partial charge in [-0.2, -0.15) is 0 Å². The van der Waals surface area contributed by atoms with Gasteiger partial charge in [-0.1, -0.05) is 48.6 Å². The van der Waals surface area contributed by atoms with Gasteiger partial charge in [0.2, 0.25) is 0 Å². The highest BCUT2D eigenvalue weighted by atomic mass is 14.0. The Labute approximate surface area is 92.6 Å². The molecule has 1 aromatic carbocycles. The Hall–Kier alpha value is -1.56. The van der Waals surface area contributed by atoms with Gasteiger partial charge in [0.1, 0.15) is 0 Å². The van der Waals surface area contributed by atoms with Crippen molar-refractivity contribution in [1.82, 2.24) is 0 Å². The number of benzene rings is 1. The third-order valence-corrected chi connectivity index (χ3v) is 2.35. The smallest absolute Gasteiger partial charge is 0.0169 e. The van der Waals surface area contributed by atoms with Crippen molar-refractivity contribution >= 4 is 5.57 Å². The molecule has 0 spiro atoms. The van der Waals surface area contributed by atoms with Crippen LogP contribution in [0, 0.1) is 6.92 Å². The molecule has 0 atom stereocenters. The molecule has 0 aliphatic carbocycles. The van der Waals surface area contributed by atoms with E-state index in [0.29, 0.717) is 0 Å². The SMILES string of the molecule is C=CCC=C/C=C(\C)c1ccccc1C. The number of rotatable bonds is 4. The molecule has 0 N–H and O–H groups in total. The van der Waals surface area contributed by atoms with E-state index >= 15 is 0 Å². The molecule has 0 radical (unpaired) electrons. The first-order valence-electron chi connectivity index (χ1n) is 5.26. The molecule has 1 aromatic rings. The van der Waals surface area contributed by atoms with E-state index in [2.05, 4.69) is 62.9 Å². The maximum atomic E-state index is 3.68. The highest BCUT2D eigenvalue weighted by Gasteiger charge is 1.96. The summed E-state index contributed by atoms with van der Waals surface area (Å²) in [7, 11) is 0. The summed E-state index contributed by atoms with van der Waals surface area (Å²) in [4.78, 5) is 0. The zero-order valence-electron chi connectivity index (χ0n) is 9.53. The second-order valence-corrected chi connectivity index (χ2v) is 3.62. The number of aryl methyl sites for hydroxylation is 1. The third-order valence-electron chi connectivity index (χ3n) is 2.35. The van der Waals surface area contributed by atoms with Crippen LogP contribution in [-0.2, 0) is 0 Å². The van der Waals surface area contributed by atoms with Crippen molar-refractivity contribution in [2.24, 2.45) is 0 Å². The lowest BCUT2D eigenvalue weighted by Crippen LogP contribution is -1.83. The van der Waals surface area contributed by atoms with E-state index in [1.807, 2.05) is 6.08 Å². The number of hydrogen-bond acceptors (Lipinski definition) is 0. The monoisotopic (exact) mass is 198 g/mol. The highest BCUT2D eigenvalue weighted by Crippen LogP contribution is 2.17. The molecule has 15 heavy (non-hydrogen) atoms. The van der Waals surface area contributed by atoms with Crippen molar-refractivity contribution < 1.29 is 0 Å². The van der Waals surface area contributed by atoms with E-state index in [0.717, 1.165) is 6.42 Å². The molecule has 0 unspecified atom stereocenters. The van der Waals surface area contributed by atoms with Crippen molar-refractivity contribution in [3.8, 4) is 0 Å². The van der Waals surface area contributed by atoms with Crippen LogP contribution in [0.25, 0.3) is 5.57 Å². The molecule has 0 aromatic heterocycles. The van der Waals surface area contributed by atoms with Crippen LogP contribution in [0.3, 0.4) is 0 Å². The molecule has 78 valence electrons. The van der Waals surface area contributed by atoms with Crippen LogP contribution < -0.4 is 0 Å². The first-order chi connectivity index (χ1) is 7.25. The van der Waals surface area contributed by atoms with E-state index in [4.69, 9.17) is 0 Å². The topological polar surface area (TPSA) is 0 Å². The summed E-state index contributed by atoms with van der Waals surface area (Å²) in [6, 6.07) is 8.44. The van der Waals surface area contributed by atoms with E-state index in [1.165, 1.54) is 16.7 Å². The predicted molar refractivity (Wildman–Crippen MR) is 68.8 cm³/mol. The molecule has 0 saturated heterocycles. The zero-order chi connectivity index (χ0) is 11.1. The Balaban J connectivity index is 2.80. The molecule has 0 aliphatic rings. The van der Waals surface area contributed by atoms with Crippen LogP contribution >= 0.6 is 0 Å². The summed E-state index contributed by atoms with van der Waals surface area (Å²) in [6.07, 6.45) is 9.16. The fourth-order valence-corrected chi connectivity index (χ4v) is 1.49. The normalized spacial score (nSPS) is 12.0. The Morgan fingerprint density at radius 1 is 1.33 bits per heavy atom. The molecule has 0 aliphatic heterocycles. The van der Waals surface area contributed by atoms with Crippen LogP contribution in [0.15, 0.2) is 55.1 Å². The van der Waals surface area contributed by atoms with E-state index in [1.54, 1.807) is 0 Å². The number of allylic oxidation sites excluding steroid dienone is 5. The van der Waals surface area contributed by atoms with Gasteiger partial charge < -0.3 is 0 Å². The quantitative estimate of drug-likeness (QED) is 0.492. The van der Waals surface area contributed by atoms with Gasteiger partial charge in [-0.25, -0.2) is 0 Å². The Kier molecular flexibility index (Phi) is 4.62. The summed E-state index contributed by atoms with van der Waals surface area (Å²) >= 11 is 0. The van der Waals surface area contributed by atoms with Gasteiger partial charge in [-0.3, -0.25) is 0 Å². The van der Waals surface area contributed by atoms with Crippen molar-refractivity contribution in [3.05, 3.63) is 66.3 Å². The summed E-state index contributed by atoms with van der Waals surface area (Å²) in [5.41, 5.74) is 3.94. The molecule has 0 bridgehead atoms. The Morgan fingerprint density at radius 2 is 2.07 bits per heavy atom. The Morgan fingerprint density at radius 3 is 2.73 bits per heavy atom. The van der Waals surface area contributed by atoms with Gasteiger partial charge in [0, 0.05) is 0 Å². The fraction of sp³-hybridized carbons (Fsp3) is 0.200. The van der Waals surface area contributed by atoms with E-state index in [-0.39, 0.29) is 0 Å². The second kappa shape index (κ2) is 6.02. The van der Waals surface area contributed by atoms with Gasteiger partial charge in [0.25, 0.3) is 0 Å². The second-order valence-electron chi connectivity index (χ2n) is 3.62. The third kappa shape index (κ3) is 3.59. The predicted octanol–water partition coefficient (Wildman–Crippen LogP) is 4.53. The maximum Gasteiger partial charge on any atom is -0.0169 e. The largest absolute Gasteiger partial charge is 0.103 e. The van der Waals surface area contributed by atoms with Gasteiger partial charge in [0.15, 0.2) is 0 Å². The zero-order valence-corrected chi connectivity index (χ0v) is 9.53. The first-order valence-corrected chi connectivity index (χ1v) is 5.26. The average molecular weight is 198 g/mol. The maximum absolute atomic E-state index is 3.68. The van der Waals surface area contributed by atoms with Gasteiger partial charge in [-0.05, 0) is 37.0 Å².